The molecule has 0 atom stereocenters. The highest BCUT2D eigenvalue weighted by Crippen LogP contribution is 2.22. The van der Waals surface area contributed by atoms with Crippen molar-refractivity contribution in [3.63, 3.8) is 0 Å². The fraction of sp³-hybridized carbons (Fsp3) is 0.100. The molecule has 0 unspecified atom stereocenters. The van der Waals surface area contributed by atoms with Gasteiger partial charge in [0.1, 0.15) is 5.75 Å². The molecule has 0 radical (unpaired) electrons. The lowest BCUT2D eigenvalue weighted by Gasteiger charge is -2.18. The van der Waals surface area contributed by atoms with Crippen LogP contribution in [0.3, 0.4) is 0 Å². The zero-order valence-electron chi connectivity index (χ0n) is 9.80. The van der Waals surface area contributed by atoms with Gasteiger partial charge in [-0.25, -0.2) is 10.6 Å². The Hall–Kier alpha value is -1.45. The number of hydrogen-bond acceptors (Lipinski definition) is 7. The molecule has 0 aliphatic rings. The number of esters is 1. The summed E-state index contributed by atoms with van der Waals surface area (Å²) in [6.07, 6.45) is 0. The maximum absolute atomic E-state index is 12.5. The Bertz CT molecular complexity index is 483. The van der Waals surface area contributed by atoms with Crippen LogP contribution < -0.4 is 16.3 Å². The molecule has 0 spiro atoms. The SMILES string of the molecule is COC(=O)/C(N)=C(\Oc1ccc(Br)cc1)N(N)SF. The highest BCUT2D eigenvalue weighted by molar-refractivity contribution is 9.10. The topological polar surface area (TPSA) is 90.8 Å². The van der Waals surface area contributed by atoms with Gasteiger partial charge in [-0.2, -0.15) is 4.41 Å². The van der Waals surface area contributed by atoms with Crippen molar-refractivity contribution in [2.75, 3.05) is 7.11 Å². The minimum Gasteiger partial charge on any atom is -0.464 e. The quantitative estimate of drug-likeness (QED) is 0.209. The third-order valence-corrected chi connectivity index (χ3v) is 2.78. The van der Waals surface area contributed by atoms with Crippen LogP contribution in [0.1, 0.15) is 0 Å². The van der Waals surface area contributed by atoms with Crippen molar-refractivity contribution in [1.82, 2.24) is 4.41 Å². The number of nitrogens with two attached hydrogens (primary N) is 2. The minimum atomic E-state index is -0.878. The summed E-state index contributed by atoms with van der Waals surface area (Å²) in [4.78, 5) is 11.3. The van der Waals surface area contributed by atoms with Gasteiger partial charge in [0.25, 0.3) is 5.88 Å². The van der Waals surface area contributed by atoms with E-state index in [1.165, 1.54) is 0 Å². The monoisotopic (exact) mass is 351 g/mol. The summed E-state index contributed by atoms with van der Waals surface area (Å²) in [5, 5.41) is 0. The molecule has 1 aromatic rings. The molecular formula is C10H11BrFN3O3S. The Labute approximate surface area is 122 Å². The molecule has 1 aromatic carbocycles. The first kappa shape index (κ1) is 15.6. The summed E-state index contributed by atoms with van der Waals surface area (Å²) in [5.41, 5.74) is 5.05. The van der Waals surface area contributed by atoms with Gasteiger partial charge in [-0.1, -0.05) is 15.9 Å². The van der Waals surface area contributed by atoms with Gasteiger partial charge in [0.15, 0.2) is 18.0 Å². The van der Waals surface area contributed by atoms with Crippen LogP contribution in [0.15, 0.2) is 40.3 Å². The van der Waals surface area contributed by atoms with Gasteiger partial charge in [0, 0.05) is 4.47 Å². The van der Waals surface area contributed by atoms with Crippen LogP contribution in [0.2, 0.25) is 0 Å². The number of halogens is 2. The van der Waals surface area contributed by atoms with E-state index < -0.39 is 11.7 Å². The van der Waals surface area contributed by atoms with Crippen molar-refractivity contribution in [3.8, 4) is 5.75 Å². The molecule has 0 bridgehead atoms. The molecule has 104 valence electrons. The molecule has 4 N–H and O–H groups in total. The van der Waals surface area contributed by atoms with Gasteiger partial charge in [0.2, 0.25) is 0 Å². The van der Waals surface area contributed by atoms with Crippen LogP contribution in [-0.4, -0.2) is 17.5 Å². The van der Waals surface area contributed by atoms with Crippen molar-refractivity contribution in [2.45, 2.75) is 0 Å². The number of rotatable bonds is 5. The minimum absolute atomic E-state index is 0.328. The molecule has 0 aliphatic heterocycles. The van der Waals surface area contributed by atoms with E-state index in [4.69, 9.17) is 16.3 Å². The molecule has 0 saturated carbocycles. The Kier molecular flexibility index (Phi) is 5.93. The van der Waals surface area contributed by atoms with Gasteiger partial charge in [-0.15, -0.1) is 3.89 Å². The maximum Gasteiger partial charge on any atom is 0.359 e. The number of ether oxygens (including phenoxy) is 2. The van der Waals surface area contributed by atoms with E-state index in [2.05, 4.69) is 20.7 Å². The van der Waals surface area contributed by atoms with E-state index in [1.54, 1.807) is 24.3 Å². The van der Waals surface area contributed by atoms with Crippen LogP contribution in [0.5, 0.6) is 5.75 Å². The van der Waals surface area contributed by atoms with Crippen LogP contribution in [0.4, 0.5) is 3.89 Å². The van der Waals surface area contributed by atoms with Gasteiger partial charge in [0.05, 0.1) is 7.11 Å². The van der Waals surface area contributed by atoms with Crippen molar-refractivity contribution in [2.24, 2.45) is 11.6 Å². The second kappa shape index (κ2) is 7.22. The number of methoxy groups -OCH3 is 1. The lowest BCUT2D eigenvalue weighted by Crippen LogP contribution is -2.31. The predicted octanol–water partition coefficient (Wildman–Crippen LogP) is 1.84. The summed E-state index contributed by atoms with van der Waals surface area (Å²) in [6.45, 7) is 0. The Morgan fingerprint density at radius 2 is 2.00 bits per heavy atom. The summed E-state index contributed by atoms with van der Waals surface area (Å²) in [6, 6.07) is 6.58. The molecule has 0 amide bonds. The summed E-state index contributed by atoms with van der Waals surface area (Å²) in [5.74, 6) is 4.42. The summed E-state index contributed by atoms with van der Waals surface area (Å²) in [7, 11) is 1.13. The van der Waals surface area contributed by atoms with E-state index >= 15 is 0 Å². The average molecular weight is 352 g/mol. The highest BCUT2D eigenvalue weighted by atomic mass is 79.9. The molecule has 1 rings (SSSR count). The number of carbonyl (C=O) groups excluding carboxylic acids is 1. The molecule has 0 aromatic heterocycles. The molecular weight excluding hydrogens is 341 g/mol. The zero-order valence-corrected chi connectivity index (χ0v) is 12.2. The Balaban J connectivity index is 3.05. The fourth-order valence-electron chi connectivity index (χ4n) is 1.06. The van der Waals surface area contributed by atoms with E-state index in [-0.39, 0.29) is 18.2 Å². The summed E-state index contributed by atoms with van der Waals surface area (Å²) >= 11 is 2.89. The Morgan fingerprint density at radius 1 is 1.42 bits per heavy atom. The number of hydrazine groups is 1. The van der Waals surface area contributed by atoms with Crippen LogP contribution in [0, 0.1) is 0 Å². The first-order valence-electron chi connectivity index (χ1n) is 4.84. The highest BCUT2D eigenvalue weighted by Gasteiger charge is 2.20. The molecule has 0 heterocycles. The lowest BCUT2D eigenvalue weighted by molar-refractivity contribution is -0.136. The third-order valence-electron chi connectivity index (χ3n) is 1.94. The standard InChI is InChI=1S/C10H11BrFN3O3S/c1-17-10(16)8(13)9(15(14)19-12)18-7-4-2-6(11)3-5-7/h2-5H,13-14H2,1H3/b9-8+. The van der Waals surface area contributed by atoms with Crippen LogP contribution in [-0.2, 0) is 9.53 Å². The predicted molar refractivity (Wildman–Crippen MR) is 72.7 cm³/mol. The van der Waals surface area contributed by atoms with Gasteiger partial charge < -0.3 is 15.2 Å². The van der Waals surface area contributed by atoms with E-state index in [0.717, 1.165) is 11.6 Å². The van der Waals surface area contributed by atoms with Crippen LogP contribution >= 0.6 is 28.3 Å². The van der Waals surface area contributed by atoms with Gasteiger partial charge >= 0.3 is 5.97 Å². The number of benzene rings is 1. The average Bonchev–Trinajstić information content (AvgIpc) is 2.44. The zero-order chi connectivity index (χ0) is 14.4. The molecule has 6 nitrogen and oxygen atoms in total. The first-order chi connectivity index (χ1) is 8.99. The molecule has 19 heavy (non-hydrogen) atoms. The normalized spacial score (nSPS) is 11.6. The third kappa shape index (κ3) is 4.30. The van der Waals surface area contributed by atoms with Crippen molar-refractivity contribution in [1.29, 1.82) is 0 Å². The molecule has 0 aliphatic carbocycles. The summed E-state index contributed by atoms with van der Waals surface area (Å²) < 4.78 is 23.5. The smallest absolute Gasteiger partial charge is 0.359 e. The van der Waals surface area contributed by atoms with Gasteiger partial charge in [-0.3, -0.25) is 0 Å². The van der Waals surface area contributed by atoms with E-state index in [1.807, 2.05) is 0 Å². The molecule has 0 fully saturated rings. The first-order valence-corrected chi connectivity index (χ1v) is 6.31. The fourth-order valence-corrected chi connectivity index (χ4v) is 1.52. The number of hydrogen-bond donors (Lipinski definition) is 2. The number of carbonyl (C=O) groups is 1. The van der Waals surface area contributed by atoms with Crippen molar-refractivity contribution >= 4 is 34.2 Å². The van der Waals surface area contributed by atoms with E-state index in [9.17, 15) is 8.68 Å². The maximum atomic E-state index is 12.5. The number of nitrogens with zero attached hydrogens (tertiary/aromatic N) is 1. The lowest BCUT2D eigenvalue weighted by atomic mass is 10.3. The second-order valence-corrected chi connectivity index (χ2v) is 4.61. The second-order valence-electron chi connectivity index (χ2n) is 3.16. The molecule has 0 saturated heterocycles. The van der Waals surface area contributed by atoms with Crippen molar-refractivity contribution in [3.05, 3.63) is 40.3 Å². The van der Waals surface area contributed by atoms with Crippen molar-refractivity contribution < 1.29 is 18.2 Å². The molecule has 9 heteroatoms. The largest absolute Gasteiger partial charge is 0.464 e. The van der Waals surface area contributed by atoms with E-state index in [0.29, 0.717) is 10.2 Å². The van der Waals surface area contributed by atoms with Crippen LogP contribution in [0.25, 0.3) is 0 Å². The Morgan fingerprint density at radius 3 is 2.47 bits per heavy atom. The van der Waals surface area contributed by atoms with Gasteiger partial charge in [-0.05, 0) is 24.3 Å².